The molecule has 1 aromatic rings. The standard InChI is InChI=1S/C15H19NO5/c1-16(8-9-20-2)15(19)12-4-6-13(21-3)11(10-12)5-7-14(17)18/h4-7,10H,8-9H2,1-3H3,(H,17,18). The molecule has 1 N–H and O–H groups in total. The fourth-order valence-electron chi connectivity index (χ4n) is 1.71. The van der Waals surface area contributed by atoms with Crippen molar-refractivity contribution < 1.29 is 24.2 Å². The average Bonchev–Trinajstić information content (AvgIpc) is 2.49. The minimum atomic E-state index is -1.06. The maximum atomic E-state index is 12.2. The number of hydrogen-bond donors (Lipinski definition) is 1. The van der Waals surface area contributed by atoms with Crippen LogP contribution in [0, 0.1) is 0 Å². The molecule has 0 spiro atoms. The number of carboxylic acids is 1. The van der Waals surface area contributed by atoms with E-state index in [1.807, 2.05) is 0 Å². The molecular formula is C15H19NO5. The molecule has 0 fully saturated rings. The van der Waals surface area contributed by atoms with Crippen LogP contribution < -0.4 is 4.74 Å². The summed E-state index contributed by atoms with van der Waals surface area (Å²) in [4.78, 5) is 24.4. The van der Waals surface area contributed by atoms with Crippen LogP contribution in [0.3, 0.4) is 0 Å². The van der Waals surface area contributed by atoms with Crippen LogP contribution in [0.2, 0.25) is 0 Å². The number of likely N-dealkylation sites (N-methyl/N-ethyl adjacent to an activating group) is 1. The van der Waals surface area contributed by atoms with Gasteiger partial charge in [-0.15, -0.1) is 0 Å². The van der Waals surface area contributed by atoms with Gasteiger partial charge in [0.15, 0.2) is 0 Å². The van der Waals surface area contributed by atoms with Crippen molar-refractivity contribution in [3.63, 3.8) is 0 Å². The number of ether oxygens (including phenoxy) is 2. The molecule has 1 amide bonds. The number of carbonyl (C=O) groups is 2. The van der Waals surface area contributed by atoms with E-state index in [4.69, 9.17) is 14.6 Å². The summed E-state index contributed by atoms with van der Waals surface area (Å²) in [6.45, 7) is 0.922. The predicted octanol–water partition coefficient (Wildman–Crippen LogP) is 1.51. The van der Waals surface area contributed by atoms with Crippen molar-refractivity contribution >= 4 is 18.0 Å². The minimum absolute atomic E-state index is 0.167. The quantitative estimate of drug-likeness (QED) is 0.771. The SMILES string of the molecule is COCCN(C)C(=O)c1ccc(OC)c(C=CC(=O)O)c1. The van der Waals surface area contributed by atoms with Crippen LogP contribution in [0.1, 0.15) is 15.9 Å². The Morgan fingerprint density at radius 1 is 1.33 bits per heavy atom. The van der Waals surface area contributed by atoms with Crippen molar-refractivity contribution in [1.82, 2.24) is 4.90 Å². The molecule has 6 nitrogen and oxygen atoms in total. The van der Waals surface area contributed by atoms with Crippen LogP contribution in [-0.2, 0) is 9.53 Å². The van der Waals surface area contributed by atoms with E-state index < -0.39 is 5.97 Å². The van der Waals surface area contributed by atoms with Crippen molar-refractivity contribution in [1.29, 1.82) is 0 Å². The molecule has 1 rings (SSSR count). The number of carboxylic acid groups (broad SMARTS) is 1. The maximum absolute atomic E-state index is 12.2. The Morgan fingerprint density at radius 2 is 2.05 bits per heavy atom. The number of amides is 1. The lowest BCUT2D eigenvalue weighted by atomic mass is 10.1. The van der Waals surface area contributed by atoms with Gasteiger partial charge in [0.2, 0.25) is 0 Å². The van der Waals surface area contributed by atoms with Crippen molar-refractivity contribution in [3.05, 3.63) is 35.4 Å². The minimum Gasteiger partial charge on any atom is -0.496 e. The summed E-state index contributed by atoms with van der Waals surface area (Å²) in [5.41, 5.74) is 0.991. The van der Waals surface area contributed by atoms with E-state index in [9.17, 15) is 9.59 Å². The zero-order valence-electron chi connectivity index (χ0n) is 12.3. The normalized spacial score (nSPS) is 10.6. The average molecular weight is 293 g/mol. The molecule has 0 unspecified atom stereocenters. The van der Waals surface area contributed by atoms with Gasteiger partial charge in [-0.25, -0.2) is 4.79 Å². The van der Waals surface area contributed by atoms with E-state index >= 15 is 0 Å². The first-order valence-corrected chi connectivity index (χ1v) is 6.33. The van der Waals surface area contributed by atoms with Crippen LogP contribution in [-0.4, -0.2) is 56.3 Å². The lowest BCUT2D eigenvalue weighted by molar-refractivity contribution is -0.131. The van der Waals surface area contributed by atoms with E-state index in [1.165, 1.54) is 18.1 Å². The Bertz CT molecular complexity index is 539. The van der Waals surface area contributed by atoms with E-state index in [1.54, 1.807) is 32.4 Å². The Kier molecular flexibility index (Phi) is 6.42. The zero-order valence-corrected chi connectivity index (χ0v) is 12.3. The fraction of sp³-hybridized carbons (Fsp3) is 0.333. The summed E-state index contributed by atoms with van der Waals surface area (Å²) >= 11 is 0. The van der Waals surface area contributed by atoms with Crippen LogP contribution >= 0.6 is 0 Å². The molecule has 21 heavy (non-hydrogen) atoms. The topological polar surface area (TPSA) is 76.1 Å². The number of methoxy groups -OCH3 is 2. The van der Waals surface area contributed by atoms with Crippen molar-refractivity contribution in [2.75, 3.05) is 34.4 Å². The number of benzene rings is 1. The number of nitrogens with zero attached hydrogens (tertiary/aromatic N) is 1. The Labute approximate surface area is 123 Å². The van der Waals surface area contributed by atoms with Crippen LogP contribution in [0.25, 0.3) is 6.08 Å². The third-order valence-corrected chi connectivity index (χ3v) is 2.86. The maximum Gasteiger partial charge on any atom is 0.328 e. The van der Waals surface area contributed by atoms with Gasteiger partial charge in [-0.2, -0.15) is 0 Å². The zero-order chi connectivity index (χ0) is 15.8. The summed E-state index contributed by atoms with van der Waals surface area (Å²) in [5, 5.41) is 8.69. The first-order chi connectivity index (χ1) is 9.99. The summed E-state index contributed by atoms with van der Waals surface area (Å²) in [5.74, 6) is -0.728. The van der Waals surface area contributed by atoms with Crippen molar-refractivity contribution in [3.8, 4) is 5.75 Å². The molecule has 114 valence electrons. The lowest BCUT2D eigenvalue weighted by Gasteiger charge is -2.17. The highest BCUT2D eigenvalue weighted by Crippen LogP contribution is 2.22. The highest BCUT2D eigenvalue weighted by molar-refractivity contribution is 5.95. The molecular weight excluding hydrogens is 274 g/mol. The smallest absolute Gasteiger partial charge is 0.328 e. The van der Waals surface area contributed by atoms with Gasteiger partial charge in [0.1, 0.15) is 5.75 Å². The van der Waals surface area contributed by atoms with Gasteiger partial charge in [-0.1, -0.05) is 0 Å². The molecule has 0 aromatic heterocycles. The summed E-state index contributed by atoms with van der Waals surface area (Å²) < 4.78 is 10.1. The Hall–Kier alpha value is -2.34. The summed E-state index contributed by atoms with van der Waals surface area (Å²) in [7, 11) is 4.73. The monoisotopic (exact) mass is 293 g/mol. The van der Waals surface area contributed by atoms with Crippen molar-refractivity contribution in [2.45, 2.75) is 0 Å². The van der Waals surface area contributed by atoms with E-state index in [2.05, 4.69) is 0 Å². The summed E-state index contributed by atoms with van der Waals surface area (Å²) in [6.07, 6.45) is 2.40. The first-order valence-electron chi connectivity index (χ1n) is 6.33. The number of carbonyl (C=O) groups excluding carboxylic acids is 1. The van der Waals surface area contributed by atoms with E-state index in [-0.39, 0.29) is 5.91 Å². The first kappa shape index (κ1) is 16.7. The Balaban J connectivity index is 3.01. The third-order valence-electron chi connectivity index (χ3n) is 2.86. The van der Waals surface area contributed by atoms with E-state index in [0.29, 0.717) is 30.0 Å². The lowest BCUT2D eigenvalue weighted by Crippen LogP contribution is -2.29. The molecule has 0 aliphatic rings. The number of hydrogen-bond acceptors (Lipinski definition) is 4. The second-order valence-electron chi connectivity index (χ2n) is 4.35. The largest absolute Gasteiger partial charge is 0.496 e. The molecule has 0 radical (unpaired) electrons. The van der Waals surface area contributed by atoms with Gasteiger partial charge < -0.3 is 19.5 Å². The molecule has 0 aliphatic heterocycles. The highest BCUT2D eigenvalue weighted by atomic mass is 16.5. The van der Waals surface area contributed by atoms with Gasteiger partial charge in [-0.3, -0.25) is 4.79 Å². The Morgan fingerprint density at radius 3 is 2.62 bits per heavy atom. The van der Waals surface area contributed by atoms with Gasteiger partial charge in [-0.05, 0) is 24.3 Å². The highest BCUT2D eigenvalue weighted by Gasteiger charge is 2.13. The van der Waals surface area contributed by atoms with Gasteiger partial charge >= 0.3 is 5.97 Å². The van der Waals surface area contributed by atoms with Crippen LogP contribution in [0.4, 0.5) is 0 Å². The second kappa shape index (κ2) is 8.06. The van der Waals surface area contributed by atoms with E-state index in [0.717, 1.165) is 6.08 Å². The second-order valence-corrected chi connectivity index (χ2v) is 4.35. The molecule has 0 bridgehead atoms. The molecule has 1 aromatic carbocycles. The fourth-order valence-corrected chi connectivity index (χ4v) is 1.71. The van der Waals surface area contributed by atoms with Gasteiger partial charge in [0.25, 0.3) is 5.91 Å². The predicted molar refractivity (Wildman–Crippen MR) is 78.5 cm³/mol. The molecule has 0 saturated carbocycles. The number of rotatable bonds is 7. The molecule has 0 atom stereocenters. The van der Waals surface area contributed by atoms with Gasteiger partial charge in [0, 0.05) is 37.9 Å². The molecule has 0 heterocycles. The molecule has 6 heteroatoms. The van der Waals surface area contributed by atoms with Crippen LogP contribution in [0.15, 0.2) is 24.3 Å². The summed E-state index contributed by atoms with van der Waals surface area (Å²) in [6, 6.07) is 4.88. The van der Waals surface area contributed by atoms with Crippen molar-refractivity contribution in [2.24, 2.45) is 0 Å². The van der Waals surface area contributed by atoms with Gasteiger partial charge in [0.05, 0.1) is 13.7 Å². The molecule has 0 aliphatic carbocycles. The number of aliphatic carboxylic acids is 1. The van der Waals surface area contributed by atoms with Crippen LogP contribution in [0.5, 0.6) is 5.75 Å². The molecule has 0 saturated heterocycles. The third kappa shape index (κ3) is 4.92.